The lowest BCUT2D eigenvalue weighted by atomic mass is 9.87. The van der Waals surface area contributed by atoms with E-state index in [0.29, 0.717) is 23.7 Å². The van der Waals surface area contributed by atoms with E-state index in [1.807, 2.05) is 0 Å². The highest BCUT2D eigenvalue weighted by molar-refractivity contribution is 5.20. The SMILES string of the molecule is CC(C)[C@@H]1[C@H]2C[C@@]2(C(C)C)C(O)[C@@H]1O. The minimum Gasteiger partial charge on any atom is -0.390 e. The summed E-state index contributed by atoms with van der Waals surface area (Å²) in [7, 11) is 0. The van der Waals surface area contributed by atoms with Crippen molar-refractivity contribution in [2.24, 2.45) is 29.1 Å². The Morgan fingerprint density at radius 3 is 2.00 bits per heavy atom. The molecule has 2 aliphatic carbocycles. The Balaban J connectivity index is 2.23. The molecule has 2 saturated carbocycles. The molecule has 0 heterocycles. The fourth-order valence-electron chi connectivity index (χ4n) is 3.79. The third kappa shape index (κ3) is 1.04. The van der Waals surface area contributed by atoms with Crippen LogP contribution < -0.4 is 0 Å². The van der Waals surface area contributed by atoms with Crippen molar-refractivity contribution >= 4 is 0 Å². The molecular weight excluding hydrogens is 176 g/mol. The van der Waals surface area contributed by atoms with E-state index in [-0.39, 0.29) is 5.41 Å². The summed E-state index contributed by atoms with van der Waals surface area (Å²) in [5.74, 6) is 1.84. The fourth-order valence-corrected chi connectivity index (χ4v) is 3.79. The van der Waals surface area contributed by atoms with E-state index in [2.05, 4.69) is 27.7 Å². The first kappa shape index (κ1) is 10.4. The Bertz CT molecular complexity index is 236. The topological polar surface area (TPSA) is 40.5 Å². The Hall–Kier alpha value is -0.0800. The van der Waals surface area contributed by atoms with Gasteiger partial charge in [0.15, 0.2) is 0 Å². The monoisotopic (exact) mass is 198 g/mol. The molecule has 0 aromatic rings. The third-order valence-corrected chi connectivity index (χ3v) is 4.68. The van der Waals surface area contributed by atoms with Crippen LogP contribution in [0.4, 0.5) is 0 Å². The van der Waals surface area contributed by atoms with Crippen LogP contribution in [0.1, 0.15) is 34.1 Å². The molecule has 0 bridgehead atoms. The Kier molecular flexibility index (Phi) is 2.20. The van der Waals surface area contributed by atoms with Crippen molar-refractivity contribution in [3.63, 3.8) is 0 Å². The molecule has 0 saturated heterocycles. The zero-order chi connectivity index (χ0) is 10.7. The average molecular weight is 198 g/mol. The van der Waals surface area contributed by atoms with Crippen molar-refractivity contribution in [1.82, 2.24) is 0 Å². The van der Waals surface area contributed by atoms with Crippen molar-refractivity contribution in [3.05, 3.63) is 0 Å². The van der Waals surface area contributed by atoms with Gasteiger partial charge in [0.05, 0.1) is 12.2 Å². The molecule has 1 unspecified atom stereocenters. The summed E-state index contributed by atoms with van der Waals surface area (Å²) < 4.78 is 0. The summed E-state index contributed by atoms with van der Waals surface area (Å²) in [5.41, 5.74) is 0.0500. The number of fused-ring (bicyclic) bond motifs is 1. The smallest absolute Gasteiger partial charge is 0.0863 e. The Morgan fingerprint density at radius 2 is 1.71 bits per heavy atom. The predicted octanol–water partition coefficient (Wildman–Crippen LogP) is 1.66. The first-order chi connectivity index (χ1) is 6.43. The van der Waals surface area contributed by atoms with Gasteiger partial charge >= 0.3 is 0 Å². The molecule has 5 atom stereocenters. The van der Waals surface area contributed by atoms with Crippen LogP contribution in [0.25, 0.3) is 0 Å². The number of hydrogen-bond donors (Lipinski definition) is 2. The molecule has 2 nitrogen and oxygen atoms in total. The van der Waals surface area contributed by atoms with E-state index >= 15 is 0 Å². The molecule has 0 aromatic heterocycles. The molecule has 0 radical (unpaired) electrons. The van der Waals surface area contributed by atoms with Gasteiger partial charge in [0.1, 0.15) is 0 Å². The molecular formula is C12H22O2. The highest BCUT2D eigenvalue weighted by atomic mass is 16.3. The molecule has 0 aliphatic heterocycles. The van der Waals surface area contributed by atoms with Crippen LogP contribution in [-0.4, -0.2) is 22.4 Å². The van der Waals surface area contributed by atoms with E-state index < -0.39 is 12.2 Å². The number of hydrogen-bond acceptors (Lipinski definition) is 2. The van der Waals surface area contributed by atoms with Crippen molar-refractivity contribution in [2.45, 2.75) is 46.3 Å². The molecule has 14 heavy (non-hydrogen) atoms. The van der Waals surface area contributed by atoms with Gasteiger partial charge in [-0.2, -0.15) is 0 Å². The summed E-state index contributed by atoms with van der Waals surface area (Å²) in [5, 5.41) is 20.1. The second kappa shape index (κ2) is 2.96. The van der Waals surface area contributed by atoms with Crippen molar-refractivity contribution < 1.29 is 10.2 Å². The minimum atomic E-state index is -0.490. The lowest BCUT2D eigenvalue weighted by Crippen LogP contribution is -2.36. The summed E-state index contributed by atoms with van der Waals surface area (Å²) in [6.45, 7) is 8.63. The van der Waals surface area contributed by atoms with Crippen molar-refractivity contribution in [1.29, 1.82) is 0 Å². The molecule has 2 rings (SSSR count). The minimum absolute atomic E-state index is 0.0500. The van der Waals surface area contributed by atoms with Crippen LogP contribution in [-0.2, 0) is 0 Å². The molecule has 2 fully saturated rings. The van der Waals surface area contributed by atoms with Gasteiger partial charge in [-0.3, -0.25) is 0 Å². The van der Waals surface area contributed by atoms with Gasteiger partial charge in [-0.15, -0.1) is 0 Å². The van der Waals surface area contributed by atoms with Crippen molar-refractivity contribution in [2.75, 3.05) is 0 Å². The van der Waals surface area contributed by atoms with E-state index in [0.717, 1.165) is 6.42 Å². The van der Waals surface area contributed by atoms with E-state index in [1.165, 1.54) is 0 Å². The first-order valence-corrected chi connectivity index (χ1v) is 5.79. The predicted molar refractivity (Wildman–Crippen MR) is 55.7 cm³/mol. The summed E-state index contributed by atoms with van der Waals surface area (Å²) >= 11 is 0. The largest absolute Gasteiger partial charge is 0.390 e. The van der Waals surface area contributed by atoms with Crippen LogP contribution >= 0.6 is 0 Å². The normalized spacial score (nSPS) is 51.4. The van der Waals surface area contributed by atoms with Gasteiger partial charge in [0.2, 0.25) is 0 Å². The maximum atomic E-state index is 10.1. The van der Waals surface area contributed by atoms with Crippen LogP contribution in [0.2, 0.25) is 0 Å². The lowest BCUT2D eigenvalue weighted by molar-refractivity contribution is -0.0375. The zero-order valence-electron chi connectivity index (χ0n) is 9.57. The average Bonchev–Trinajstić information content (AvgIpc) is 2.74. The molecule has 2 aliphatic rings. The van der Waals surface area contributed by atoms with Crippen LogP contribution in [0.15, 0.2) is 0 Å². The van der Waals surface area contributed by atoms with Gasteiger partial charge in [0.25, 0.3) is 0 Å². The van der Waals surface area contributed by atoms with Crippen molar-refractivity contribution in [3.8, 4) is 0 Å². The van der Waals surface area contributed by atoms with E-state index in [1.54, 1.807) is 0 Å². The van der Waals surface area contributed by atoms with E-state index in [4.69, 9.17) is 0 Å². The zero-order valence-corrected chi connectivity index (χ0v) is 9.57. The molecule has 82 valence electrons. The maximum Gasteiger partial charge on any atom is 0.0863 e. The number of aliphatic hydroxyl groups excluding tert-OH is 2. The molecule has 0 spiro atoms. The second-order valence-corrected chi connectivity index (χ2v) is 5.83. The molecule has 0 aromatic carbocycles. The summed E-state index contributed by atoms with van der Waals surface area (Å²) in [4.78, 5) is 0. The number of rotatable bonds is 2. The lowest BCUT2D eigenvalue weighted by Gasteiger charge is -2.26. The van der Waals surface area contributed by atoms with E-state index in [9.17, 15) is 10.2 Å². The summed E-state index contributed by atoms with van der Waals surface area (Å²) in [6.07, 6.45) is 0.141. The Labute approximate surface area is 86.3 Å². The van der Waals surface area contributed by atoms with Gasteiger partial charge < -0.3 is 10.2 Å². The van der Waals surface area contributed by atoms with Gasteiger partial charge in [-0.05, 0) is 30.1 Å². The van der Waals surface area contributed by atoms with Crippen LogP contribution in [0.5, 0.6) is 0 Å². The molecule has 0 amide bonds. The first-order valence-electron chi connectivity index (χ1n) is 5.79. The van der Waals surface area contributed by atoms with Gasteiger partial charge in [0, 0.05) is 5.41 Å². The van der Waals surface area contributed by atoms with Crippen LogP contribution in [0.3, 0.4) is 0 Å². The van der Waals surface area contributed by atoms with Crippen LogP contribution in [0, 0.1) is 29.1 Å². The standard InChI is InChI=1S/C12H22O2/c1-6(2)9-8-5-12(8,7(3)4)11(14)10(9)13/h6-11,13-14H,5H2,1-4H3/t8-,9-,10-,11?,12+/m1/s1. The highest BCUT2D eigenvalue weighted by Gasteiger charge is 2.71. The maximum absolute atomic E-state index is 10.1. The Morgan fingerprint density at radius 1 is 1.14 bits per heavy atom. The van der Waals surface area contributed by atoms with Gasteiger partial charge in [-0.1, -0.05) is 27.7 Å². The fraction of sp³-hybridized carbons (Fsp3) is 1.00. The summed E-state index contributed by atoms with van der Waals surface area (Å²) in [6, 6.07) is 0. The number of aliphatic hydroxyl groups is 2. The molecule has 2 heteroatoms. The molecule has 2 N–H and O–H groups in total. The second-order valence-electron chi connectivity index (χ2n) is 5.83. The quantitative estimate of drug-likeness (QED) is 0.708. The third-order valence-electron chi connectivity index (χ3n) is 4.68. The highest BCUT2D eigenvalue weighted by Crippen LogP contribution is 2.70. The van der Waals surface area contributed by atoms with Gasteiger partial charge in [-0.25, -0.2) is 0 Å².